The van der Waals surface area contributed by atoms with Crippen LogP contribution in [0.3, 0.4) is 0 Å². The van der Waals surface area contributed by atoms with Crippen LogP contribution in [0.1, 0.15) is 17.7 Å². The first-order valence-electron chi connectivity index (χ1n) is 8.16. The van der Waals surface area contributed by atoms with Gasteiger partial charge in [0.15, 0.2) is 5.96 Å². The molecule has 4 nitrogen and oxygen atoms in total. The van der Waals surface area contributed by atoms with E-state index in [1.54, 1.807) is 0 Å². The number of guanidine groups is 1. The maximum absolute atomic E-state index is 5.97. The molecule has 1 aromatic carbocycles. The maximum Gasteiger partial charge on any atom is 0.193 e. The van der Waals surface area contributed by atoms with Gasteiger partial charge in [-0.05, 0) is 55.4 Å². The van der Waals surface area contributed by atoms with Gasteiger partial charge >= 0.3 is 0 Å². The van der Waals surface area contributed by atoms with Gasteiger partial charge in [-0.15, -0.1) is 11.3 Å². The van der Waals surface area contributed by atoms with Crippen LogP contribution in [0.15, 0.2) is 52.8 Å². The van der Waals surface area contributed by atoms with Crippen molar-refractivity contribution in [3.05, 3.63) is 52.7 Å². The fraction of sp³-hybridized carbons (Fsp3) is 0.389. The van der Waals surface area contributed by atoms with Crippen LogP contribution in [0.25, 0.3) is 0 Å². The lowest BCUT2D eigenvalue weighted by Gasteiger charge is -2.30. The second kappa shape index (κ2) is 8.13. The monoisotopic (exact) mass is 328 g/mol. The molecule has 3 rings (SSSR count). The molecule has 0 amide bonds. The van der Waals surface area contributed by atoms with Crippen molar-refractivity contribution in [1.82, 2.24) is 4.90 Å². The van der Waals surface area contributed by atoms with Gasteiger partial charge in [0.1, 0.15) is 0 Å². The summed E-state index contributed by atoms with van der Waals surface area (Å²) in [5.41, 5.74) is 6.96. The zero-order valence-corrected chi connectivity index (χ0v) is 14.1. The highest BCUT2D eigenvalue weighted by molar-refractivity contribution is 7.09. The van der Waals surface area contributed by atoms with Gasteiger partial charge in [0.25, 0.3) is 0 Å². The van der Waals surface area contributed by atoms with Crippen molar-refractivity contribution in [2.24, 2.45) is 16.6 Å². The molecule has 0 radical (unpaired) electrons. The molecule has 0 spiro atoms. The van der Waals surface area contributed by atoms with Crippen molar-refractivity contribution in [2.75, 3.05) is 25.0 Å². The summed E-state index contributed by atoms with van der Waals surface area (Å²) in [5.74, 6) is 1.16. The van der Waals surface area contributed by atoms with E-state index >= 15 is 0 Å². The first kappa shape index (κ1) is 16.0. The minimum atomic E-state index is 0.511. The minimum Gasteiger partial charge on any atom is -0.370 e. The lowest BCUT2D eigenvalue weighted by Crippen LogP contribution is -2.34. The second-order valence-corrected chi connectivity index (χ2v) is 7.05. The molecule has 0 atom stereocenters. The summed E-state index contributed by atoms with van der Waals surface area (Å²) in [5, 5.41) is 5.29. The molecule has 2 heterocycles. The Morgan fingerprint density at radius 1 is 1.17 bits per heavy atom. The second-order valence-electron chi connectivity index (χ2n) is 6.02. The summed E-state index contributed by atoms with van der Waals surface area (Å²) in [6.45, 7) is 4.22. The minimum absolute atomic E-state index is 0.511. The third-order valence-corrected chi connectivity index (χ3v) is 5.09. The number of nitrogens with one attached hydrogen (secondary N) is 1. The van der Waals surface area contributed by atoms with Gasteiger partial charge in [0, 0.05) is 23.7 Å². The van der Waals surface area contributed by atoms with Gasteiger partial charge in [0.2, 0.25) is 0 Å². The van der Waals surface area contributed by atoms with Gasteiger partial charge in [0.05, 0.1) is 0 Å². The van der Waals surface area contributed by atoms with Gasteiger partial charge in [-0.2, -0.15) is 0 Å². The number of nitrogens with two attached hydrogens (primary N) is 1. The van der Waals surface area contributed by atoms with E-state index in [9.17, 15) is 0 Å². The Labute approximate surface area is 142 Å². The van der Waals surface area contributed by atoms with Crippen molar-refractivity contribution in [2.45, 2.75) is 19.4 Å². The number of piperidine rings is 1. The first-order chi connectivity index (χ1) is 11.3. The van der Waals surface area contributed by atoms with Crippen molar-refractivity contribution in [3.63, 3.8) is 0 Å². The third kappa shape index (κ3) is 5.08. The summed E-state index contributed by atoms with van der Waals surface area (Å²) in [7, 11) is 0. The number of hydrogen-bond acceptors (Lipinski definition) is 3. The molecule has 5 heteroatoms. The third-order valence-electron chi connectivity index (χ3n) is 4.23. The van der Waals surface area contributed by atoms with E-state index in [0.29, 0.717) is 11.9 Å². The van der Waals surface area contributed by atoms with Crippen LogP contribution in [-0.4, -0.2) is 30.5 Å². The molecule has 3 N–H and O–H groups in total. The molecule has 1 aliphatic rings. The lowest BCUT2D eigenvalue weighted by atomic mass is 9.97. The van der Waals surface area contributed by atoms with Crippen molar-refractivity contribution < 1.29 is 0 Å². The molecule has 0 saturated carbocycles. The van der Waals surface area contributed by atoms with Crippen molar-refractivity contribution in [1.29, 1.82) is 0 Å². The van der Waals surface area contributed by atoms with Crippen LogP contribution in [0.5, 0.6) is 0 Å². The average Bonchev–Trinajstić information content (AvgIpc) is 3.08. The van der Waals surface area contributed by atoms with Crippen LogP contribution >= 0.6 is 11.3 Å². The van der Waals surface area contributed by atoms with E-state index < -0.39 is 0 Å². The fourth-order valence-electron chi connectivity index (χ4n) is 2.89. The van der Waals surface area contributed by atoms with Crippen molar-refractivity contribution >= 4 is 23.0 Å². The SMILES string of the molecule is NC(=NCC1CCN(Cc2cccs2)CC1)Nc1ccccc1. The molecule has 0 aliphatic carbocycles. The van der Waals surface area contributed by atoms with Gasteiger partial charge < -0.3 is 11.1 Å². The zero-order chi connectivity index (χ0) is 15.9. The molecule has 23 heavy (non-hydrogen) atoms. The van der Waals surface area contributed by atoms with Gasteiger partial charge in [-0.1, -0.05) is 24.3 Å². The van der Waals surface area contributed by atoms with Crippen LogP contribution in [0, 0.1) is 5.92 Å². The summed E-state index contributed by atoms with van der Waals surface area (Å²) < 4.78 is 0. The Hall–Kier alpha value is -1.85. The van der Waals surface area contributed by atoms with Crippen LogP contribution in [-0.2, 0) is 6.54 Å². The topological polar surface area (TPSA) is 53.6 Å². The number of para-hydroxylation sites is 1. The number of nitrogens with zero attached hydrogens (tertiary/aromatic N) is 2. The number of rotatable bonds is 5. The quantitative estimate of drug-likeness (QED) is 0.653. The number of thiophene rings is 1. The normalized spacial score (nSPS) is 17.3. The molecule has 2 aromatic rings. The van der Waals surface area contributed by atoms with E-state index in [-0.39, 0.29) is 0 Å². The molecular formula is C18H24N4S. The molecule has 1 fully saturated rings. The number of likely N-dealkylation sites (tertiary alicyclic amines) is 1. The van der Waals surface area contributed by atoms with Crippen LogP contribution in [0.2, 0.25) is 0 Å². The van der Waals surface area contributed by atoms with E-state index in [2.05, 4.69) is 32.7 Å². The van der Waals surface area contributed by atoms with E-state index in [0.717, 1.165) is 31.9 Å². The number of hydrogen-bond donors (Lipinski definition) is 2. The predicted octanol–water partition coefficient (Wildman–Crippen LogP) is 3.39. The molecule has 0 unspecified atom stereocenters. The lowest BCUT2D eigenvalue weighted by molar-refractivity contribution is 0.182. The number of anilines is 1. The summed E-state index contributed by atoms with van der Waals surface area (Å²) >= 11 is 1.84. The summed E-state index contributed by atoms with van der Waals surface area (Å²) in [4.78, 5) is 8.51. The highest BCUT2D eigenvalue weighted by Gasteiger charge is 2.19. The fourth-order valence-corrected chi connectivity index (χ4v) is 3.63. The summed E-state index contributed by atoms with van der Waals surface area (Å²) in [6, 6.07) is 14.3. The Kier molecular flexibility index (Phi) is 5.66. The Morgan fingerprint density at radius 3 is 2.65 bits per heavy atom. The van der Waals surface area contributed by atoms with Gasteiger partial charge in [-0.3, -0.25) is 9.89 Å². The average molecular weight is 328 g/mol. The molecule has 122 valence electrons. The van der Waals surface area contributed by atoms with E-state index in [1.165, 1.54) is 17.7 Å². The molecule has 1 aliphatic heterocycles. The zero-order valence-electron chi connectivity index (χ0n) is 13.3. The van der Waals surface area contributed by atoms with Crippen LogP contribution in [0.4, 0.5) is 5.69 Å². The van der Waals surface area contributed by atoms with Crippen molar-refractivity contribution in [3.8, 4) is 0 Å². The largest absolute Gasteiger partial charge is 0.370 e. The number of aliphatic imine (C=N–C) groups is 1. The van der Waals surface area contributed by atoms with E-state index in [4.69, 9.17) is 5.73 Å². The highest BCUT2D eigenvalue weighted by Crippen LogP contribution is 2.20. The first-order valence-corrected chi connectivity index (χ1v) is 9.04. The predicted molar refractivity (Wildman–Crippen MR) is 98.9 cm³/mol. The standard InChI is InChI=1S/C18H24N4S/c19-18(21-16-5-2-1-3-6-16)20-13-15-8-10-22(11-9-15)14-17-7-4-12-23-17/h1-7,12,15H,8-11,13-14H2,(H3,19,20,21). The van der Waals surface area contributed by atoms with Crippen LogP contribution < -0.4 is 11.1 Å². The molecular weight excluding hydrogens is 304 g/mol. The number of benzene rings is 1. The molecule has 0 bridgehead atoms. The smallest absolute Gasteiger partial charge is 0.193 e. The summed E-state index contributed by atoms with van der Waals surface area (Å²) in [6.07, 6.45) is 2.40. The Balaban J connectivity index is 1.41. The highest BCUT2D eigenvalue weighted by atomic mass is 32.1. The van der Waals surface area contributed by atoms with Gasteiger partial charge in [-0.25, -0.2) is 0 Å². The van der Waals surface area contributed by atoms with E-state index in [1.807, 2.05) is 41.7 Å². The Bertz CT molecular complexity index is 601. The Morgan fingerprint density at radius 2 is 1.96 bits per heavy atom. The molecule has 1 aromatic heterocycles. The maximum atomic E-state index is 5.97. The molecule has 1 saturated heterocycles.